The Morgan fingerprint density at radius 3 is 2.42 bits per heavy atom. The van der Waals surface area contributed by atoms with Crippen LogP contribution in [0.3, 0.4) is 0 Å². The molecular weight excluding hydrogens is 388 g/mol. The minimum atomic E-state index is -0.351. The predicted octanol–water partition coefficient (Wildman–Crippen LogP) is 4.76. The molecule has 4 nitrogen and oxygen atoms in total. The number of hydrogen-bond acceptors (Lipinski definition) is 4. The fraction of sp³-hybridized carbons (Fsp3) is 1.00. The molecule has 2 saturated heterocycles. The molecule has 0 bridgehead atoms. The number of aliphatic hydroxyl groups is 2. The third kappa shape index (κ3) is 2.74. The van der Waals surface area contributed by atoms with Crippen molar-refractivity contribution in [2.75, 3.05) is 6.61 Å². The highest BCUT2D eigenvalue weighted by Crippen LogP contribution is 2.71. The molecule has 1 spiro atoms. The third-order valence-corrected chi connectivity index (χ3v) is 12.0. The number of aliphatic hydroxyl groups excluding tert-OH is 2. The largest absolute Gasteiger partial charge is 0.393 e. The van der Waals surface area contributed by atoms with Gasteiger partial charge in [-0.15, -0.1) is 0 Å². The summed E-state index contributed by atoms with van der Waals surface area (Å²) in [5, 5.41) is 21.5. The maximum absolute atomic E-state index is 11.2. The molecule has 0 aromatic carbocycles. The van der Waals surface area contributed by atoms with Gasteiger partial charge in [0.15, 0.2) is 5.79 Å². The Kier molecular flexibility index (Phi) is 4.78. The molecule has 31 heavy (non-hydrogen) atoms. The Morgan fingerprint density at radius 1 is 0.871 bits per heavy atom. The molecule has 2 heterocycles. The summed E-state index contributed by atoms with van der Waals surface area (Å²) in [4.78, 5) is 0. The average Bonchev–Trinajstić information content (AvgIpc) is 3.16. The van der Waals surface area contributed by atoms with E-state index in [4.69, 9.17) is 9.47 Å². The maximum atomic E-state index is 11.2. The van der Waals surface area contributed by atoms with Gasteiger partial charge in [-0.3, -0.25) is 0 Å². The molecule has 6 aliphatic rings. The zero-order valence-electron chi connectivity index (χ0n) is 20.1. The van der Waals surface area contributed by atoms with E-state index < -0.39 is 0 Å². The number of ether oxygens (including phenoxy) is 2. The van der Waals surface area contributed by atoms with E-state index in [1.54, 1.807) is 0 Å². The summed E-state index contributed by atoms with van der Waals surface area (Å²) in [7, 11) is 0. The highest BCUT2D eigenvalue weighted by Gasteiger charge is 2.69. The first-order valence-electron chi connectivity index (χ1n) is 13.4. The molecular formula is C27H44O4. The van der Waals surface area contributed by atoms with Crippen LogP contribution in [-0.2, 0) is 9.47 Å². The van der Waals surface area contributed by atoms with Crippen LogP contribution in [0.5, 0.6) is 0 Å². The van der Waals surface area contributed by atoms with Crippen molar-refractivity contribution in [3.05, 3.63) is 0 Å². The molecule has 6 fully saturated rings. The van der Waals surface area contributed by atoms with Gasteiger partial charge >= 0.3 is 0 Å². The van der Waals surface area contributed by atoms with Crippen LogP contribution >= 0.6 is 0 Å². The van der Waals surface area contributed by atoms with Gasteiger partial charge in [0.2, 0.25) is 0 Å². The second-order valence-corrected chi connectivity index (χ2v) is 13.2. The Labute approximate surface area is 188 Å². The molecule has 0 aromatic rings. The lowest BCUT2D eigenvalue weighted by molar-refractivity contribution is -0.273. The lowest BCUT2D eigenvalue weighted by Gasteiger charge is -2.62. The zero-order chi connectivity index (χ0) is 21.8. The van der Waals surface area contributed by atoms with Gasteiger partial charge in [0.25, 0.3) is 0 Å². The van der Waals surface area contributed by atoms with Crippen LogP contribution in [0.15, 0.2) is 0 Å². The molecule has 0 amide bonds. The van der Waals surface area contributed by atoms with E-state index in [-0.39, 0.29) is 23.4 Å². The van der Waals surface area contributed by atoms with Crippen LogP contribution < -0.4 is 0 Å². The van der Waals surface area contributed by atoms with Gasteiger partial charge < -0.3 is 19.7 Å². The van der Waals surface area contributed by atoms with Crippen LogP contribution in [0.1, 0.15) is 85.5 Å². The first kappa shape index (κ1) is 21.4. The normalized spacial score (nSPS) is 63.3. The number of hydrogen-bond donors (Lipinski definition) is 2. The molecule has 0 unspecified atom stereocenters. The predicted molar refractivity (Wildman–Crippen MR) is 119 cm³/mol. The monoisotopic (exact) mass is 432 g/mol. The minimum Gasteiger partial charge on any atom is -0.393 e. The molecule has 0 radical (unpaired) electrons. The van der Waals surface area contributed by atoms with E-state index in [1.165, 1.54) is 38.5 Å². The molecule has 2 N–H and O–H groups in total. The van der Waals surface area contributed by atoms with Crippen molar-refractivity contribution < 1.29 is 19.7 Å². The smallest absolute Gasteiger partial charge is 0.171 e. The van der Waals surface area contributed by atoms with Gasteiger partial charge in [0.1, 0.15) is 0 Å². The van der Waals surface area contributed by atoms with Crippen molar-refractivity contribution >= 4 is 0 Å². The third-order valence-electron chi connectivity index (χ3n) is 12.0. The fourth-order valence-corrected chi connectivity index (χ4v) is 10.3. The Morgan fingerprint density at radius 2 is 1.68 bits per heavy atom. The van der Waals surface area contributed by atoms with Crippen molar-refractivity contribution in [1.82, 2.24) is 0 Å². The van der Waals surface area contributed by atoms with Crippen LogP contribution in [-0.4, -0.2) is 40.9 Å². The van der Waals surface area contributed by atoms with Crippen molar-refractivity contribution in [1.29, 1.82) is 0 Å². The molecule has 6 rings (SSSR count). The lowest BCUT2D eigenvalue weighted by Crippen LogP contribution is -2.59. The van der Waals surface area contributed by atoms with E-state index in [0.717, 1.165) is 19.4 Å². The second-order valence-electron chi connectivity index (χ2n) is 13.2. The highest BCUT2D eigenvalue weighted by molar-refractivity contribution is 5.16. The SMILES string of the molecule is C[C@@H]1CC[C@@]2(OC1)O[C@H]1C[C@@H]3[C@H]4CC[C@@H]5C[C@@H](O)C[C@@H](O)[C@]5(C)[C@H]4CC[C@]3(C)[C@H]1[C@@H]2C. The summed E-state index contributed by atoms with van der Waals surface area (Å²) < 4.78 is 13.3. The zero-order valence-corrected chi connectivity index (χ0v) is 20.1. The van der Waals surface area contributed by atoms with Crippen LogP contribution in [0.4, 0.5) is 0 Å². The van der Waals surface area contributed by atoms with Crippen LogP contribution in [0.25, 0.3) is 0 Å². The second kappa shape index (κ2) is 6.93. The van der Waals surface area contributed by atoms with Gasteiger partial charge in [-0.2, -0.15) is 0 Å². The average molecular weight is 433 g/mol. The fourth-order valence-electron chi connectivity index (χ4n) is 10.3. The number of fused-ring (bicyclic) bond motifs is 7. The topological polar surface area (TPSA) is 58.9 Å². The van der Waals surface area contributed by atoms with Crippen molar-refractivity contribution in [2.45, 2.75) is 110 Å². The maximum Gasteiger partial charge on any atom is 0.171 e. The van der Waals surface area contributed by atoms with Gasteiger partial charge in [-0.1, -0.05) is 27.7 Å². The molecule has 2 aliphatic heterocycles. The number of rotatable bonds is 0. The van der Waals surface area contributed by atoms with E-state index in [0.29, 0.717) is 59.4 Å². The molecule has 13 atom stereocenters. The summed E-state index contributed by atoms with van der Waals surface area (Å²) in [6, 6.07) is 0. The molecule has 4 heteroatoms. The van der Waals surface area contributed by atoms with Crippen molar-refractivity contribution in [2.24, 2.45) is 52.3 Å². The highest BCUT2D eigenvalue weighted by atomic mass is 16.7. The first-order chi connectivity index (χ1) is 14.7. The molecule has 0 aromatic heterocycles. The lowest BCUT2D eigenvalue weighted by atomic mass is 9.43. The minimum absolute atomic E-state index is 0.0164. The van der Waals surface area contributed by atoms with E-state index >= 15 is 0 Å². The summed E-state index contributed by atoms with van der Waals surface area (Å²) in [6.45, 7) is 10.5. The van der Waals surface area contributed by atoms with Crippen molar-refractivity contribution in [3.63, 3.8) is 0 Å². The molecule has 176 valence electrons. The quantitative estimate of drug-likeness (QED) is 0.579. The summed E-state index contributed by atoms with van der Waals surface area (Å²) in [5.74, 6) is 3.89. The van der Waals surface area contributed by atoms with Gasteiger partial charge in [-0.25, -0.2) is 0 Å². The van der Waals surface area contributed by atoms with Gasteiger partial charge in [-0.05, 0) is 97.7 Å². The Hall–Kier alpha value is -0.160. The summed E-state index contributed by atoms with van der Waals surface area (Å²) in [6.07, 6.45) is 9.56. The van der Waals surface area contributed by atoms with Crippen molar-refractivity contribution in [3.8, 4) is 0 Å². The summed E-state index contributed by atoms with van der Waals surface area (Å²) >= 11 is 0. The standard InChI is InChI=1S/C27H44O4/c1-15-7-10-27(30-14-15)16(2)24-22(31-27)13-21-19-6-5-17-11-18(28)12-23(29)26(17,4)20(19)8-9-25(21,24)3/h15-24,28-29H,5-14H2,1-4H3/t15-,16+,17-,18-,19+,20+,21-,22+,23-,24+,25+,26+,27-/m1/s1. The Bertz CT molecular complexity index is 716. The van der Waals surface area contributed by atoms with Gasteiger partial charge in [0, 0.05) is 12.3 Å². The Balaban J connectivity index is 1.27. The van der Waals surface area contributed by atoms with E-state index in [9.17, 15) is 10.2 Å². The van der Waals surface area contributed by atoms with Gasteiger partial charge in [0.05, 0.1) is 24.9 Å². The molecule has 4 aliphatic carbocycles. The van der Waals surface area contributed by atoms with Crippen LogP contribution in [0.2, 0.25) is 0 Å². The van der Waals surface area contributed by atoms with E-state index in [1.807, 2.05) is 0 Å². The van der Waals surface area contributed by atoms with Crippen LogP contribution in [0, 0.1) is 52.3 Å². The summed E-state index contributed by atoms with van der Waals surface area (Å²) in [5.41, 5.74) is 0.320. The van der Waals surface area contributed by atoms with E-state index in [2.05, 4.69) is 27.7 Å². The first-order valence-corrected chi connectivity index (χ1v) is 13.4. The molecule has 4 saturated carbocycles.